The maximum atomic E-state index is 8.00. The van der Waals surface area contributed by atoms with Crippen molar-refractivity contribution in [1.82, 2.24) is 5.32 Å². The van der Waals surface area contributed by atoms with E-state index in [-0.39, 0.29) is 7.43 Å². The topological polar surface area (TPSA) is 29.1 Å². The van der Waals surface area contributed by atoms with Crippen LogP contribution in [0.15, 0.2) is 66.0 Å². The molecule has 0 atom stereocenters. The molecule has 1 aliphatic rings. The van der Waals surface area contributed by atoms with Gasteiger partial charge in [0, 0.05) is 11.4 Å². The predicted octanol–water partition coefficient (Wildman–Crippen LogP) is 6.71. The largest absolute Gasteiger partial charge is 0.316 e. The standard InChI is InChI=1S/C16H19N.C7H8S.CH2O.CH4/c1-3-13-4-8-15(9-5-13)16-10-6-14(7-11-16)12-17-2;1-2-7(8-5-1)6-3-4-6;1-2;/h4-11,17H,3,12H2,1-2H3;1-2,5-6H,3-4H2;1H2;1H4. The Labute approximate surface area is 174 Å². The molecule has 0 radical (unpaired) electrons. The number of carbonyl (C=O) groups is 1. The first-order chi connectivity index (χ1) is 13.3. The van der Waals surface area contributed by atoms with Crippen molar-refractivity contribution < 1.29 is 4.79 Å². The SMILES string of the molecule is C.C=O.CCc1ccc(-c2ccc(CNC)cc2)cc1.c1csc(C2CC2)c1. The zero-order valence-corrected chi connectivity index (χ0v) is 17.1. The third kappa shape index (κ3) is 7.41. The van der Waals surface area contributed by atoms with Crippen molar-refractivity contribution in [2.45, 2.75) is 46.1 Å². The first-order valence-corrected chi connectivity index (χ1v) is 10.3. The molecule has 3 aromatic rings. The number of nitrogens with one attached hydrogen (secondary N) is 1. The molecule has 2 aromatic carbocycles. The Kier molecular flexibility index (Phi) is 11.1. The minimum atomic E-state index is 0. The van der Waals surface area contributed by atoms with Gasteiger partial charge in [-0.15, -0.1) is 11.3 Å². The predicted molar refractivity (Wildman–Crippen MR) is 124 cm³/mol. The van der Waals surface area contributed by atoms with Crippen LogP contribution in [0, 0.1) is 0 Å². The van der Waals surface area contributed by atoms with Crippen molar-refractivity contribution in [2.75, 3.05) is 7.05 Å². The van der Waals surface area contributed by atoms with Crippen LogP contribution in [-0.4, -0.2) is 13.8 Å². The van der Waals surface area contributed by atoms with Crippen LogP contribution in [0.4, 0.5) is 0 Å². The van der Waals surface area contributed by atoms with Crippen molar-refractivity contribution in [1.29, 1.82) is 0 Å². The fourth-order valence-electron chi connectivity index (χ4n) is 2.84. The molecular formula is C25H33NOS. The van der Waals surface area contributed by atoms with E-state index in [1.54, 1.807) is 4.88 Å². The maximum absolute atomic E-state index is 8.00. The van der Waals surface area contributed by atoms with Gasteiger partial charge in [0.05, 0.1) is 0 Å². The average molecular weight is 396 g/mol. The Morgan fingerprint density at radius 1 is 0.929 bits per heavy atom. The lowest BCUT2D eigenvalue weighted by atomic mass is 10.0. The molecule has 1 saturated carbocycles. The summed E-state index contributed by atoms with van der Waals surface area (Å²) in [5, 5.41) is 5.32. The molecule has 0 unspecified atom stereocenters. The summed E-state index contributed by atoms with van der Waals surface area (Å²) in [5.74, 6) is 0.954. The molecule has 0 aliphatic heterocycles. The van der Waals surface area contributed by atoms with Gasteiger partial charge in [0.2, 0.25) is 0 Å². The molecule has 4 rings (SSSR count). The number of rotatable bonds is 5. The third-order valence-corrected chi connectivity index (χ3v) is 5.59. The van der Waals surface area contributed by atoms with Crippen LogP contribution >= 0.6 is 11.3 Å². The summed E-state index contributed by atoms with van der Waals surface area (Å²) in [6, 6.07) is 21.9. The second-order valence-corrected chi connectivity index (χ2v) is 7.55. The molecule has 0 saturated heterocycles. The smallest absolute Gasteiger partial charge is 0.106 e. The Balaban J connectivity index is 0.000000297. The van der Waals surface area contributed by atoms with Crippen LogP contribution in [-0.2, 0) is 17.8 Å². The third-order valence-electron chi connectivity index (χ3n) is 4.55. The molecule has 28 heavy (non-hydrogen) atoms. The van der Waals surface area contributed by atoms with Gasteiger partial charge in [0.15, 0.2) is 0 Å². The highest BCUT2D eigenvalue weighted by Crippen LogP contribution is 2.41. The van der Waals surface area contributed by atoms with Crippen molar-refractivity contribution in [3.8, 4) is 11.1 Å². The van der Waals surface area contributed by atoms with E-state index < -0.39 is 0 Å². The molecule has 0 bridgehead atoms. The Morgan fingerprint density at radius 2 is 1.46 bits per heavy atom. The summed E-state index contributed by atoms with van der Waals surface area (Å²) in [7, 11) is 1.97. The van der Waals surface area contributed by atoms with Crippen molar-refractivity contribution in [3.63, 3.8) is 0 Å². The number of benzene rings is 2. The van der Waals surface area contributed by atoms with Gasteiger partial charge in [-0.25, -0.2) is 0 Å². The summed E-state index contributed by atoms with van der Waals surface area (Å²) in [6.07, 6.45) is 3.96. The lowest BCUT2D eigenvalue weighted by Gasteiger charge is -2.05. The van der Waals surface area contributed by atoms with Crippen LogP contribution in [0.5, 0.6) is 0 Å². The van der Waals surface area contributed by atoms with Crippen LogP contribution in [0.3, 0.4) is 0 Å². The van der Waals surface area contributed by atoms with Gasteiger partial charge in [0.1, 0.15) is 6.79 Å². The zero-order chi connectivity index (χ0) is 19.5. The lowest BCUT2D eigenvalue weighted by molar-refractivity contribution is -0.0979. The van der Waals surface area contributed by atoms with Crippen LogP contribution in [0.1, 0.15) is 49.1 Å². The van der Waals surface area contributed by atoms with E-state index in [0.717, 1.165) is 18.9 Å². The van der Waals surface area contributed by atoms with Crippen LogP contribution < -0.4 is 5.32 Å². The summed E-state index contributed by atoms with van der Waals surface area (Å²) in [6.45, 7) is 5.11. The monoisotopic (exact) mass is 395 g/mol. The van der Waals surface area contributed by atoms with Gasteiger partial charge >= 0.3 is 0 Å². The summed E-state index contributed by atoms with van der Waals surface area (Å²) < 4.78 is 0. The van der Waals surface area contributed by atoms with Gasteiger partial charge in [-0.1, -0.05) is 68.9 Å². The van der Waals surface area contributed by atoms with E-state index in [1.165, 1.54) is 35.1 Å². The second kappa shape index (κ2) is 13.0. The van der Waals surface area contributed by atoms with Crippen molar-refractivity contribution in [3.05, 3.63) is 82.0 Å². The molecule has 1 aromatic heterocycles. The Morgan fingerprint density at radius 3 is 1.86 bits per heavy atom. The first kappa shape index (κ1) is 23.8. The van der Waals surface area contributed by atoms with E-state index in [4.69, 9.17) is 4.79 Å². The Bertz CT molecular complexity index is 759. The van der Waals surface area contributed by atoms with E-state index in [2.05, 4.69) is 78.3 Å². The zero-order valence-electron chi connectivity index (χ0n) is 16.3. The van der Waals surface area contributed by atoms with E-state index >= 15 is 0 Å². The number of carbonyl (C=O) groups excluding carboxylic acids is 1. The first-order valence-electron chi connectivity index (χ1n) is 9.45. The molecule has 0 spiro atoms. The van der Waals surface area contributed by atoms with Crippen LogP contribution in [0.25, 0.3) is 11.1 Å². The highest BCUT2D eigenvalue weighted by molar-refractivity contribution is 7.10. The highest BCUT2D eigenvalue weighted by atomic mass is 32.1. The normalized spacial score (nSPS) is 11.9. The minimum absolute atomic E-state index is 0. The molecule has 2 nitrogen and oxygen atoms in total. The molecule has 0 amide bonds. The quantitative estimate of drug-likeness (QED) is 0.520. The van der Waals surface area contributed by atoms with Crippen molar-refractivity contribution >= 4 is 18.1 Å². The fraction of sp³-hybridized carbons (Fsp3) is 0.320. The number of hydrogen-bond acceptors (Lipinski definition) is 3. The molecule has 1 fully saturated rings. The van der Waals surface area contributed by atoms with Gasteiger partial charge in [-0.2, -0.15) is 0 Å². The molecule has 1 heterocycles. The van der Waals surface area contributed by atoms with Crippen molar-refractivity contribution in [2.24, 2.45) is 0 Å². The van der Waals surface area contributed by atoms with Gasteiger partial charge in [-0.05, 0) is 65.9 Å². The fourth-order valence-corrected chi connectivity index (χ4v) is 3.74. The average Bonchev–Trinajstić information content (AvgIpc) is 3.45. The van der Waals surface area contributed by atoms with E-state index in [9.17, 15) is 0 Å². The van der Waals surface area contributed by atoms with Gasteiger partial charge in [-0.3, -0.25) is 0 Å². The Hall–Kier alpha value is -2.23. The number of hydrogen-bond donors (Lipinski definition) is 1. The molecule has 3 heteroatoms. The molecule has 1 N–H and O–H groups in total. The summed E-state index contributed by atoms with van der Waals surface area (Å²) in [5.41, 5.74) is 5.28. The second-order valence-electron chi connectivity index (χ2n) is 6.57. The molecule has 1 aliphatic carbocycles. The molecule has 150 valence electrons. The number of thiophene rings is 1. The number of aryl methyl sites for hydroxylation is 1. The minimum Gasteiger partial charge on any atom is -0.316 e. The van der Waals surface area contributed by atoms with Gasteiger partial charge in [0.25, 0.3) is 0 Å². The van der Waals surface area contributed by atoms with Crippen LogP contribution in [0.2, 0.25) is 0 Å². The summed E-state index contributed by atoms with van der Waals surface area (Å²) >= 11 is 1.89. The van der Waals surface area contributed by atoms with E-state index in [1.807, 2.05) is 25.2 Å². The highest BCUT2D eigenvalue weighted by Gasteiger charge is 2.23. The van der Waals surface area contributed by atoms with Gasteiger partial charge < -0.3 is 10.1 Å². The van der Waals surface area contributed by atoms with E-state index in [0.29, 0.717) is 0 Å². The maximum Gasteiger partial charge on any atom is 0.106 e. The molecular weight excluding hydrogens is 362 g/mol. The summed E-state index contributed by atoms with van der Waals surface area (Å²) in [4.78, 5) is 9.59. The lowest BCUT2D eigenvalue weighted by Crippen LogP contribution is -2.04.